The third kappa shape index (κ3) is 3.12. The van der Waals surface area contributed by atoms with Crippen molar-refractivity contribution in [2.24, 2.45) is 0 Å². The SMILES string of the molecule is CN(Cc1ccc(F)cc1)c1ncncc1I. The average molecular weight is 343 g/mol. The van der Waals surface area contributed by atoms with Crippen LogP contribution in [0.5, 0.6) is 0 Å². The maximum atomic E-state index is 12.8. The molecule has 0 amide bonds. The average Bonchev–Trinajstić information content (AvgIpc) is 2.32. The first-order valence-corrected chi connectivity index (χ1v) is 6.16. The van der Waals surface area contributed by atoms with Crippen molar-refractivity contribution < 1.29 is 4.39 Å². The van der Waals surface area contributed by atoms with Crippen LogP contribution in [0.2, 0.25) is 0 Å². The Hall–Kier alpha value is -1.24. The Morgan fingerprint density at radius 2 is 2.00 bits per heavy atom. The molecule has 0 unspecified atom stereocenters. The Kier molecular flexibility index (Phi) is 3.88. The molecule has 0 radical (unpaired) electrons. The van der Waals surface area contributed by atoms with E-state index in [1.54, 1.807) is 18.3 Å². The maximum Gasteiger partial charge on any atom is 0.145 e. The van der Waals surface area contributed by atoms with E-state index in [1.807, 2.05) is 11.9 Å². The highest BCUT2D eigenvalue weighted by Gasteiger charge is 2.07. The van der Waals surface area contributed by atoms with Crippen LogP contribution in [-0.2, 0) is 6.54 Å². The molecule has 0 fully saturated rings. The van der Waals surface area contributed by atoms with Crippen molar-refractivity contribution in [2.75, 3.05) is 11.9 Å². The molecule has 5 heteroatoms. The lowest BCUT2D eigenvalue weighted by molar-refractivity contribution is 0.627. The van der Waals surface area contributed by atoms with Crippen LogP contribution in [0.25, 0.3) is 0 Å². The van der Waals surface area contributed by atoms with Gasteiger partial charge in [-0.2, -0.15) is 0 Å². The van der Waals surface area contributed by atoms with E-state index in [0.717, 1.165) is 15.0 Å². The first-order valence-electron chi connectivity index (χ1n) is 5.08. The van der Waals surface area contributed by atoms with Gasteiger partial charge >= 0.3 is 0 Å². The van der Waals surface area contributed by atoms with Crippen LogP contribution < -0.4 is 4.90 Å². The lowest BCUT2D eigenvalue weighted by Gasteiger charge is -2.19. The number of nitrogens with zero attached hydrogens (tertiary/aromatic N) is 3. The summed E-state index contributed by atoms with van der Waals surface area (Å²) in [5.74, 6) is 0.665. The van der Waals surface area contributed by atoms with Gasteiger partial charge in [-0.25, -0.2) is 14.4 Å². The fraction of sp³-hybridized carbons (Fsp3) is 0.167. The molecule has 0 saturated heterocycles. The summed E-state index contributed by atoms with van der Waals surface area (Å²) >= 11 is 2.20. The lowest BCUT2D eigenvalue weighted by atomic mass is 10.2. The van der Waals surface area contributed by atoms with Gasteiger partial charge in [-0.1, -0.05) is 12.1 Å². The van der Waals surface area contributed by atoms with Gasteiger partial charge in [0.05, 0.1) is 3.57 Å². The monoisotopic (exact) mass is 343 g/mol. The molecule has 0 aliphatic heterocycles. The van der Waals surface area contributed by atoms with Crippen molar-refractivity contribution in [3.63, 3.8) is 0 Å². The molecular formula is C12H11FIN3. The number of rotatable bonds is 3. The van der Waals surface area contributed by atoms with E-state index < -0.39 is 0 Å². The summed E-state index contributed by atoms with van der Waals surface area (Å²) in [5, 5.41) is 0. The number of hydrogen-bond donors (Lipinski definition) is 0. The molecule has 2 aromatic rings. The Morgan fingerprint density at radius 1 is 1.29 bits per heavy atom. The van der Waals surface area contributed by atoms with Crippen LogP contribution >= 0.6 is 22.6 Å². The van der Waals surface area contributed by atoms with E-state index in [0.29, 0.717) is 6.54 Å². The number of anilines is 1. The highest BCUT2D eigenvalue weighted by atomic mass is 127. The van der Waals surface area contributed by atoms with Crippen LogP contribution in [0.3, 0.4) is 0 Å². The zero-order valence-electron chi connectivity index (χ0n) is 9.27. The summed E-state index contributed by atoms with van der Waals surface area (Å²) < 4.78 is 13.8. The van der Waals surface area contributed by atoms with Gasteiger partial charge in [-0.3, -0.25) is 0 Å². The molecule has 2 rings (SSSR count). The van der Waals surface area contributed by atoms with Gasteiger partial charge in [0, 0.05) is 19.8 Å². The predicted molar refractivity (Wildman–Crippen MR) is 73.3 cm³/mol. The van der Waals surface area contributed by atoms with Crippen LogP contribution in [-0.4, -0.2) is 17.0 Å². The highest BCUT2D eigenvalue weighted by Crippen LogP contribution is 2.18. The smallest absolute Gasteiger partial charge is 0.145 e. The Bertz CT molecular complexity index is 501. The lowest BCUT2D eigenvalue weighted by Crippen LogP contribution is -2.18. The van der Waals surface area contributed by atoms with Gasteiger partial charge in [0.25, 0.3) is 0 Å². The predicted octanol–water partition coefficient (Wildman–Crippen LogP) is 2.86. The van der Waals surface area contributed by atoms with Crippen molar-refractivity contribution in [3.05, 3.63) is 51.7 Å². The summed E-state index contributed by atoms with van der Waals surface area (Å²) in [7, 11) is 1.95. The first-order chi connectivity index (χ1) is 8.16. The number of aromatic nitrogens is 2. The van der Waals surface area contributed by atoms with Gasteiger partial charge < -0.3 is 4.90 Å². The van der Waals surface area contributed by atoms with Crippen LogP contribution in [0, 0.1) is 9.39 Å². The summed E-state index contributed by atoms with van der Waals surface area (Å²) in [4.78, 5) is 10.2. The number of halogens is 2. The summed E-state index contributed by atoms with van der Waals surface area (Å²) in [6.45, 7) is 0.688. The van der Waals surface area contributed by atoms with Crippen LogP contribution in [0.15, 0.2) is 36.8 Å². The molecule has 0 saturated carbocycles. The van der Waals surface area contributed by atoms with E-state index in [-0.39, 0.29) is 5.82 Å². The van der Waals surface area contributed by atoms with Crippen molar-refractivity contribution in [2.45, 2.75) is 6.54 Å². The molecule has 0 aliphatic rings. The van der Waals surface area contributed by atoms with E-state index in [9.17, 15) is 4.39 Å². The zero-order valence-corrected chi connectivity index (χ0v) is 11.4. The van der Waals surface area contributed by atoms with Crippen molar-refractivity contribution >= 4 is 28.4 Å². The van der Waals surface area contributed by atoms with Crippen molar-refractivity contribution in [3.8, 4) is 0 Å². The molecule has 0 spiro atoms. The van der Waals surface area contributed by atoms with Crippen LogP contribution in [0.4, 0.5) is 10.2 Å². The third-order valence-corrected chi connectivity index (χ3v) is 3.10. The maximum absolute atomic E-state index is 12.8. The molecular weight excluding hydrogens is 332 g/mol. The molecule has 3 nitrogen and oxygen atoms in total. The van der Waals surface area contributed by atoms with Crippen LogP contribution in [0.1, 0.15) is 5.56 Å². The minimum Gasteiger partial charge on any atom is -0.354 e. The number of benzene rings is 1. The molecule has 1 heterocycles. The normalized spacial score (nSPS) is 10.3. The quantitative estimate of drug-likeness (QED) is 0.803. The molecule has 88 valence electrons. The van der Waals surface area contributed by atoms with Gasteiger partial charge in [-0.05, 0) is 40.3 Å². The van der Waals surface area contributed by atoms with E-state index in [1.165, 1.54) is 18.5 Å². The highest BCUT2D eigenvalue weighted by molar-refractivity contribution is 14.1. The molecule has 0 bridgehead atoms. The summed E-state index contributed by atoms with van der Waals surface area (Å²) in [6.07, 6.45) is 3.29. The molecule has 1 aromatic heterocycles. The zero-order chi connectivity index (χ0) is 12.3. The minimum absolute atomic E-state index is 0.215. The van der Waals surface area contributed by atoms with E-state index in [2.05, 4.69) is 32.6 Å². The molecule has 1 aromatic carbocycles. The third-order valence-electron chi connectivity index (χ3n) is 2.34. The summed E-state index contributed by atoms with van der Waals surface area (Å²) in [5.41, 5.74) is 1.04. The van der Waals surface area contributed by atoms with Gasteiger partial charge in [0.1, 0.15) is 18.0 Å². The van der Waals surface area contributed by atoms with Gasteiger partial charge in [0.2, 0.25) is 0 Å². The van der Waals surface area contributed by atoms with Gasteiger partial charge in [-0.15, -0.1) is 0 Å². The number of hydrogen-bond acceptors (Lipinski definition) is 3. The standard InChI is InChI=1S/C12H11FIN3/c1-17(12-11(14)6-15-8-16-12)7-9-2-4-10(13)5-3-9/h2-6,8H,7H2,1H3. The largest absolute Gasteiger partial charge is 0.354 e. The van der Waals surface area contributed by atoms with E-state index in [4.69, 9.17) is 0 Å². The molecule has 17 heavy (non-hydrogen) atoms. The Labute approximate surface area is 113 Å². The second-order valence-corrected chi connectivity index (χ2v) is 4.84. The first kappa shape index (κ1) is 12.2. The fourth-order valence-corrected chi connectivity index (χ4v) is 2.24. The van der Waals surface area contributed by atoms with Crippen molar-refractivity contribution in [1.29, 1.82) is 0 Å². The van der Waals surface area contributed by atoms with Crippen molar-refractivity contribution in [1.82, 2.24) is 9.97 Å². The molecule has 0 atom stereocenters. The second kappa shape index (κ2) is 5.39. The summed E-state index contributed by atoms with van der Waals surface area (Å²) in [6, 6.07) is 6.49. The molecule has 0 N–H and O–H groups in total. The Morgan fingerprint density at radius 3 is 2.65 bits per heavy atom. The second-order valence-electron chi connectivity index (χ2n) is 3.68. The molecule has 0 aliphatic carbocycles. The topological polar surface area (TPSA) is 29.0 Å². The Balaban J connectivity index is 2.14. The minimum atomic E-state index is -0.215. The fourth-order valence-electron chi connectivity index (χ4n) is 1.53. The van der Waals surface area contributed by atoms with Gasteiger partial charge in [0.15, 0.2) is 0 Å². The van der Waals surface area contributed by atoms with E-state index >= 15 is 0 Å².